The number of nitrogens with zero attached hydrogens (tertiary/aromatic N) is 3. The van der Waals surface area contributed by atoms with Crippen molar-refractivity contribution in [3.63, 3.8) is 0 Å². The van der Waals surface area contributed by atoms with Crippen LogP contribution in [0.5, 0.6) is 5.75 Å². The molecule has 0 aliphatic heterocycles. The highest BCUT2D eigenvalue weighted by Gasteiger charge is 2.20. The van der Waals surface area contributed by atoms with E-state index in [1.165, 1.54) is 6.33 Å². The standard InChI is InChI=1S/C19H20N4O4/c1-11(17(24)21-19-22-20-10-23(19)2)26-12-7-8-14-13-5-3-4-6-15(13)18(25)27-16(14)9-12/h7-11H,3-6H2,1-2H3,(H,21,22,24). The Morgan fingerprint density at radius 2 is 2.07 bits per heavy atom. The second kappa shape index (κ2) is 6.86. The number of fused-ring (bicyclic) bond motifs is 3. The van der Waals surface area contributed by atoms with Crippen LogP contribution in [0.1, 0.15) is 30.9 Å². The second-order valence-electron chi connectivity index (χ2n) is 6.73. The zero-order valence-corrected chi connectivity index (χ0v) is 15.2. The van der Waals surface area contributed by atoms with Gasteiger partial charge >= 0.3 is 5.63 Å². The summed E-state index contributed by atoms with van der Waals surface area (Å²) in [5.74, 6) is 0.451. The Labute approximate surface area is 155 Å². The van der Waals surface area contributed by atoms with Gasteiger partial charge in [0.25, 0.3) is 5.91 Å². The number of benzene rings is 1. The third-order valence-electron chi connectivity index (χ3n) is 4.82. The number of carbonyl (C=O) groups is 1. The summed E-state index contributed by atoms with van der Waals surface area (Å²) in [6.45, 7) is 1.64. The first kappa shape index (κ1) is 17.3. The van der Waals surface area contributed by atoms with Crippen molar-refractivity contribution in [2.75, 3.05) is 5.32 Å². The number of rotatable bonds is 4. The Morgan fingerprint density at radius 3 is 2.81 bits per heavy atom. The van der Waals surface area contributed by atoms with Gasteiger partial charge in [0.1, 0.15) is 17.7 Å². The van der Waals surface area contributed by atoms with Gasteiger partial charge in [0.05, 0.1) is 0 Å². The molecule has 0 fully saturated rings. The third-order valence-corrected chi connectivity index (χ3v) is 4.82. The zero-order chi connectivity index (χ0) is 19.0. The van der Waals surface area contributed by atoms with Crippen molar-refractivity contribution in [2.45, 2.75) is 38.7 Å². The molecule has 1 N–H and O–H groups in total. The van der Waals surface area contributed by atoms with E-state index in [0.717, 1.165) is 42.2 Å². The van der Waals surface area contributed by atoms with Crippen molar-refractivity contribution in [2.24, 2.45) is 7.05 Å². The van der Waals surface area contributed by atoms with Crippen molar-refractivity contribution >= 4 is 22.8 Å². The zero-order valence-electron chi connectivity index (χ0n) is 15.2. The molecule has 27 heavy (non-hydrogen) atoms. The van der Waals surface area contributed by atoms with Gasteiger partial charge in [0, 0.05) is 24.1 Å². The van der Waals surface area contributed by atoms with Gasteiger partial charge in [-0.25, -0.2) is 4.79 Å². The van der Waals surface area contributed by atoms with Gasteiger partial charge in [-0.1, -0.05) is 0 Å². The molecule has 8 nitrogen and oxygen atoms in total. The van der Waals surface area contributed by atoms with E-state index in [1.807, 2.05) is 6.07 Å². The van der Waals surface area contributed by atoms with Gasteiger partial charge in [0.15, 0.2) is 6.10 Å². The lowest BCUT2D eigenvalue weighted by Gasteiger charge is -2.17. The van der Waals surface area contributed by atoms with E-state index in [1.54, 1.807) is 30.7 Å². The molecule has 0 radical (unpaired) electrons. The quantitative estimate of drug-likeness (QED) is 0.709. The van der Waals surface area contributed by atoms with Crippen LogP contribution in [-0.4, -0.2) is 26.8 Å². The van der Waals surface area contributed by atoms with Crippen LogP contribution in [0, 0.1) is 0 Å². The first-order valence-electron chi connectivity index (χ1n) is 8.93. The van der Waals surface area contributed by atoms with Crippen molar-refractivity contribution in [3.8, 4) is 5.75 Å². The van der Waals surface area contributed by atoms with Crippen LogP contribution in [0.2, 0.25) is 0 Å². The van der Waals surface area contributed by atoms with Crippen LogP contribution in [0.4, 0.5) is 5.95 Å². The van der Waals surface area contributed by atoms with Gasteiger partial charge in [0.2, 0.25) is 5.95 Å². The van der Waals surface area contributed by atoms with Crippen molar-refractivity contribution < 1.29 is 13.9 Å². The van der Waals surface area contributed by atoms with E-state index in [2.05, 4.69) is 15.5 Å². The molecule has 0 saturated carbocycles. The van der Waals surface area contributed by atoms with Gasteiger partial charge in [-0.3, -0.25) is 10.1 Å². The highest BCUT2D eigenvalue weighted by molar-refractivity contribution is 5.92. The number of hydrogen-bond acceptors (Lipinski definition) is 6. The Morgan fingerprint density at radius 1 is 1.30 bits per heavy atom. The molecule has 1 atom stereocenters. The molecule has 1 aliphatic rings. The average molecular weight is 368 g/mol. The molecule has 1 unspecified atom stereocenters. The SMILES string of the molecule is CC(Oc1ccc2c3c(c(=O)oc2c1)CCCC3)C(=O)Nc1nncn1C. The summed E-state index contributed by atoms with van der Waals surface area (Å²) in [6.07, 6.45) is 4.47. The molecule has 140 valence electrons. The van der Waals surface area contributed by atoms with Crippen molar-refractivity contribution in [3.05, 3.63) is 46.1 Å². The van der Waals surface area contributed by atoms with Crippen LogP contribution in [-0.2, 0) is 24.7 Å². The van der Waals surface area contributed by atoms with Gasteiger partial charge < -0.3 is 13.7 Å². The average Bonchev–Trinajstić information content (AvgIpc) is 3.06. The summed E-state index contributed by atoms with van der Waals surface area (Å²) in [5, 5.41) is 11.1. The van der Waals surface area contributed by atoms with Gasteiger partial charge in [-0.2, -0.15) is 0 Å². The summed E-state index contributed by atoms with van der Waals surface area (Å²) in [7, 11) is 1.73. The molecule has 1 aromatic carbocycles. The van der Waals surface area contributed by atoms with Gasteiger partial charge in [-0.05, 0) is 50.3 Å². The molecule has 3 aromatic rings. The van der Waals surface area contributed by atoms with E-state index in [-0.39, 0.29) is 11.5 Å². The van der Waals surface area contributed by atoms with Crippen LogP contribution in [0.25, 0.3) is 11.0 Å². The van der Waals surface area contributed by atoms with Crippen LogP contribution in [0.15, 0.2) is 33.7 Å². The number of ether oxygens (including phenoxy) is 1. The molecule has 1 aliphatic carbocycles. The largest absolute Gasteiger partial charge is 0.481 e. The topological polar surface area (TPSA) is 99.2 Å². The minimum absolute atomic E-state index is 0.276. The van der Waals surface area contributed by atoms with E-state index >= 15 is 0 Å². The Bertz CT molecular complexity index is 1070. The molecular weight excluding hydrogens is 348 g/mol. The number of nitrogens with one attached hydrogen (secondary N) is 1. The molecule has 1 amide bonds. The summed E-state index contributed by atoms with van der Waals surface area (Å²) in [5.41, 5.74) is 2.08. The predicted molar refractivity (Wildman–Crippen MR) is 98.8 cm³/mol. The maximum absolute atomic E-state index is 12.3. The monoisotopic (exact) mass is 368 g/mol. The predicted octanol–water partition coefficient (Wildman–Crippen LogP) is 2.21. The number of carbonyl (C=O) groups excluding carboxylic acids is 1. The molecule has 2 heterocycles. The minimum atomic E-state index is -0.761. The molecule has 0 saturated heterocycles. The van der Waals surface area contributed by atoms with E-state index in [0.29, 0.717) is 17.3 Å². The number of aromatic nitrogens is 3. The Kier molecular flexibility index (Phi) is 4.39. The minimum Gasteiger partial charge on any atom is -0.481 e. The number of anilines is 1. The molecular formula is C19H20N4O4. The fourth-order valence-corrected chi connectivity index (χ4v) is 3.36. The smallest absolute Gasteiger partial charge is 0.339 e. The summed E-state index contributed by atoms with van der Waals surface area (Å²) < 4.78 is 12.8. The maximum Gasteiger partial charge on any atom is 0.339 e. The maximum atomic E-state index is 12.3. The number of amides is 1. The second-order valence-corrected chi connectivity index (χ2v) is 6.73. The van der Waals surface area contributed by atoms with E-state index in [4.69, 9.17) is 9.15 Å². The molecule has 0 spiro atoms. The van der Waals surface area contributed by atoms with Gasteiger partial charge in [-0.15, -0.1) is 10.2 Å². The molecule has 8 heteroatoms. The molecule has 4 rings (SSSR count). The lowest BCUT2D eigenvalue weighted by molar-refractivity contribution is -0.122. The van der Waals surface area contributed by atoms with Crippen LogP contribution in [0.3, 0.4) is 0 Å². The number of aryl methyl sites for hydroxylation is 2. The lowest BCUT2D eigenvalue weighted by atomic mass is 9.91. The summed E-state index contributed by atoms with van der Waals surface area (Å²) in [6, 6.07) is 5.35. The number of hydrogen-bond donors (Lipinski definition) is 1. The first-order chi connectivity index (χ1) is 13.0. The van der Waals surface area contributed by atoms with Crippen molar-refractivity contribution in [1.82, 2.24) is 14.8 Å². The van der Waals surface area contributed by atoms with E-state index in [9.17, 15) is 9.59 Å². The highest BCUT2D eigenvalue weighted by atomic mass is 16.5. The Balaban J connectivity index is 1.56. The summed E-state index contributed by atoms with van der Waals surface area (Å²) in [4.78, 5) is 24.5. The summed E-state index contributed by atoms with van der Waals surface area (Å²) >= 11 is 0. The fraction of sp³-hybridized carbons (Fsp3) is 0.368. The first-order valence-corrected chi connectivity index (χ1v) is 8.93. The lowest BCUT2D eigenvalue weighted by Crippen LogP contribution is -2.31. The molecule has 2 aromatic heterocycles. The third kappa shape index (κ3) is 3.30. The van der Waals surface area contributed by atoms with Crippen molar-refractivity contribution in [1.29, 1.82) is 0 Å². The fourth-order valence-electron chi connectivity index (χ4n) is 3.36. The molecule has 0 bridgehead atoms. The normalized spacial score (nSPS) is 14.6. The Hall–Kier alpha value is -3.16. The van der Waals surface area contributed by atoms with E-state index < -0.39 is 6.10 Å². The highest BCUT2D eigenvalue weighted by Crippen LogP contribution is 2.29. The van der Waals surface area contributed by atoms with Crippen LogP contribution >= 0.6 is 0 Å². The van der Waals surface area contributed by atoms with Crippen LogP contribution < -0.4 is 15.7 Å².